The minimum Gasteiger partial charge on any atom is -0.384 e. The maximum atomic E-state index is 5.59. The monoisotopic (exact) mass is 167 g/mol. The van der Waals surface area contributed by atoms with Crippen LogP contribution in [0, 0.1) is 11.8 Å². The van der Waals surface area contributed by atoms with Crippen molar-refractivity contribution in [3.8, 4) is 11.8 Å². The number of nitrogen functional groups attached to an aromatic ring is 1. The van der Waals surface area contributed by atoms with Crippen molar-refractivity contribution in [2.45, 2.75) is 6.92 Å². The van der Waals surface area contributed by atoms with E-state index in [0.29, 0.717) is 16.8 Å². The quantitative estimate of drug-likeness (QED) is 0.465. The number of anilines is 1. The lowest BCUT2D eigenvalue weighted by atomic mass is 10.5. The van der Waals surface area contributed by atoms with E-state index < -0.39 is 0 Å². The Morgan fingerprint density at radius 3 is 2.82 bits per heavy atom. The summed E-state index contributed by atoms with van der Waals surface area (Å²) in [5.41, 5.74) is 5.39. The van der Waals surface area contributed by atoms with E-state index >= 15 is 0 Å². The Morgan fingerprint density at radius 1 is 1.55 bits per heavy atom. The predicted molar refractivity (Wildman–Crippen MR) is 44.0 cm³/mol. The number of nitrogens with two attached hydrogens (primary N) is 1. The summed E-state index contributed by atoms with van der Waals surface area (Å²) in [6.07, 6.45) is 0. The zero-order chi connectivity index (χ0) is 8.27. The van der Waals surface area contributed by atoms with Gasteiger partial charge in [0.15, 0.2) is 0 Å². The van der Waals surface area contributed by atoms with Crippen LogP contribution in [0.3, 0.4) is 0 Å². The summed E-state index contributed by atoms with van der Waals surface area (Å²) in [6.45, 7) is 1.69. The lowest BCUT2D eigenvalue weighted by Gasteiger charge is -1.93. The van der Waals surface area contributed by atoms with Gasteiger partial charge in [0.25, 0.3) is 0 Å². The summed E-state index contributed by atoms with van der Waals surface area (Å²) in [4.78, 5) is 7.66. The molecule has 1 heterocycles. The highest BCUT2D eigenvalue weighted by Gasteiger charge is 1.95. The zero-order valence-corrected chi connectivity index (χ0v) is 6.68. The number of nitrogens with zero attached hydrogens (tertiary/aromatic N) is 2. The lowest BCUT2D eigenvalue weighted by Crippen LogP contribution is -1.95. The van der Waals surface area contributed by atoms with E-state index in [1.54, 1.807) is 6.92 Å². The molecule has 0 spiro atoms. The molecule has 0 saturated heterocycles. The first-order valence-corrected chi connectivity index (χ1v) is 3.33. The van der Waals surface area contributed by atoms with Gasteiger partial charge in [0, 0.05) is 6.07 Å². The third-order valence-corrected chi connectivity index (χ3v) is 1.15. The molecule has 0 amide bonds. The maximum Gasteiger partial charge on any atom is 0.208 e. The number of aromatic nitrogens is 2. The molecule has 1 rings (SSSR count). The predicted octanol–water partition coefficient (Wildman–Crippen LogP) is 1.08. The second kappa shape index (κ2) is 3.22. The largest absolute Gasteiger partial charge is 0.384 e. The minimum atomic E-state index is 0.315. The molecule has 0 aliphatic rings. The van der Waals surface area contributed by atoms with Gasteiger partial charge in [-0.2, -0.15) is 0 Å². The second-order valence-electron chi connectivity index (χ2n) is 1.81. The summed E-state index contributed by atoms with van der Waals surface area (Å²) in [5, 5.41) is 0.315. The molecule has 0 aliphatic heterocycles. The van der Waals surface area contributed by atoms with E-state index in [-0.39, 0.29) is 0 Å². The van der Waals surface area contributed by atoms with Crippen molar-refractivity contribution in [1.82, 2.24) is 9.97 Å². The summed E-state index contributed by atoms with van der Waals surface area (Å²) >= 11 is 5.59. The van der Waals surface area contributed by atoms with E-state index in [1.807, 2.05) is 0 Å². The van der Waals surface area contributed by atoms with Crippen LogP contribution in [0.4, 0.5) is 5.82 Å². The van der Waals surface area contributed by atoms with Crippen LogP contribution < -0.4 is 5.73 Å². The Hall–Kier alpha value is -1.27. The molecule has 0 fully saturated rings. The molecule has 0 unspecified atom stereocenters. The fraction of sp³-hybridized carbons (Fsp3) is 0.143. The van der Waals surface area contributed by atoms with Crippen molar-refractivity contribution >= 4 is 17.4 Å². The molecular formula is C7H6ClN3. The molecule has 4 heteroatoms. The molecule has 1 aromatic rings. The van der Waals surface area contributed by atoms with Gasteiger partial charge in [0.2, 0.25) is 5.82 Å². The molecule has 0 aliphatic carbocycles. The number of halogens is 1. The fourth-order valence-electron chi connectivity index (χ4n) is 0.603. The smallest absolute Gasteiger partial charge is 0.208 e. The van der Waals surface area contributed by atoms with Crippen LogP contribution in [-0.2, 0) is 0 Å². The van der Waals surface area contributed by atoms with Crippen molar-refractivity contribution in [1.29, 1.82) is 0 Å². The van der Waals surface area contributed by atoms with E-state index in [9.17, 15) is 0 Å². The first-order valence-electron chi connectivity index (χ1n) is 2.95. The van der Waals surface area contributed by atoms with Crippen LogP contribution in [0.5, 0.6) is 0 Å². The van der Waals surface area contributed by atoms with Crippen LogP contribution >= 0.6 is 11.6 Å². The molecule has 1 aromatic heterocycles. The molecule has 11 heavy (non-hydrogen) atoms. The van der Waals surface area contributed by atoms with Crippen LogP contribution in [-0.4, -0.2) is 9.97 Å². The molecular weight excluding hydrogens is 162 g/mol. The van der Waals surface area contributed by atoms with Gasteiger partial charge >= 0.3 is 0 Å². The van der Waals surface area contributed by atoms with Crippen LogP contribution in [0.1, 0.15) is 12.7 Å². The highest BCUT2D eigenvalue weighted by molar-refractivity contribution is 6.29. The highest BCUT2D eigenvalue weighted by atomic mass is 35.5. The van der Waals surface area contributed by atoms with Gasteiger partial charge < -0.3 is 5.73 Å². The normalized spacial score (nSPS) is 8.55. The van der Waals surface area contributed by atoms with E-state index in [1.165, 1.54) is 6.07 Å². The summed E-state index contributed by atoms with van der Waals surface area (Å²) in [6, 6.07) is 1.47. The van der Waals surface area contributed by atoms with Crippen LogP contribution in [0.2, 0.25) is 5.15 Å². The van der Waals surface area contributed by atoms with Gasteiger partial charge in [0.1, 0.15) is 11.0 Å². The molecule has 0 atom stereocenters. The SMILES string of the molecule is CC#Cc1nc(N)cc(Cl)n1. The summed E-state index contributed by atoms with van der Waals surface area (Å²) < 4.78 is 0. The lowest BCUT2D eigenvalue weighted by molar-refractivity contribution is 1.14. The third kappa shape index (κ3) is 2.10. The molecule has 56 valence electrons. The van der Waals surface area contributed by atoms with Crippen molar-refractivity contribution in [3.05, 3.63) is 17.0 Å². The van der Waals surface area contributed by atoms with Crippen molar-refractivity contribution < 1.29 is 0 Å². The van der Waals surface area contributed by atoms with Gasteiger partial charge in [0.05, 0.1) is 0 Å². The molecule has 0 radical (unpaired) electrons. The highest BCUT2D eigenvalue weighted by Crippen LogP contribution is 2.07. The average Bonchev–Trinajstić information content (AvgIpc) is 1.85. The third-order valence-electron chi connectivity index (χ3n) is 0.952. The Labute approximate surface area is 69.6 Å². The first kappa shape index (κ1) is 7.83. The van der Waals surface area contributed by atoms with Crippen molar-refractivity contribution in [3.63, 3.8) is 0 Å². The number of hydrogen-bond donors (Lipinski definition) is 1. The fourth-order valence-corrected chi connectivity index (χ4v) is 0.795. The van der Waals surface area contributed by atoms with Crippen LogP contribution in [0.25, 0.3) is 0 Å². The first-order chi connectivity index (χ1) is 5.22. The summed E-state index contributed by atoms with van der Waals surface area (Å²) in [7, 11) is 0. The van der Waals surface area contributed by atoms with Gasteiger partial charge in [-0.1, -0.05) is 17.5 Å². The topological polar surface area (TPSA) is 51.8 Å². The van der Waals surface area contributed by atoms with Gasteiger partial charge in [-0.05, 0) is 12.8 Å². The average molecular weight is 168 g/mol. The van der Waals surface area contributed by atoms with Gasteiger partial charge in [-0.15, -0.1) is 0 Å². The Kier molecular flexibility index (Phi) is 2.29. The minimum absolute atomic E-state index is 0.315. The summed E-state index contributed by atoms with van der Waals surface area (Å²) in [5.74, 6) is 6.00. The molecule has 0 saturated carbocycles. The maximum absolute atomic E-state index is 5.59. The van der Waals surface area contributed by atoms with Crippen molar-refractivity contribution in [2.75, 3.05) is 5.73 Å². The molecule has 2 N–H and O–H groups in total. The van der Waals surface area contributed by atoms with E-state index in [4.69, 9.17) is 17.3 Å². The molecule has 3 nitrogen and oxygen atoms in total. The van der Waals surface area contributed by atoms with Gasteiger partial charge in [-0.25, -0.2) is 9.97 Å². The second-order valence-corrected chi connectivity index (χ2v) is 2.20. The van der Waals surface area contributed by atoms with Crippen LogP contribution in [0.15, 0.2) is 6.07 Å². The van der Waals surface area contributed by atoms with E-state index in [2.05, 4.69) is 21.8 Å². The standard InChI is InChI=1S/C7H6ClN3/c1-2-3-7-10-5(8)4-6(9)11-7/h4H,1H3,(H2,9,10,11). The van der Waals surface area contributed by atoms with Gasteiger partial charge in [-0.3, -0.25) is 0 Å². The number of rotatable bonds is 0. The van der Waals surface area contributed by atoms with Crippen molar-refractivity contribution in [2.24, 2.45) is 0 Å². The zero-order valence-electron chi connectivity index (χ0n) is 5.93. The Bertz CT molecular complexity index is 304. The molecule has 0 bridgehead atoms. The Balaban J connectivity index is 3.15. The van der Waals surface area contributed by atoms with E-state index in [0.717, 1.165) is 0 Å². The number of hydrogen-bond acceptors (Lipinski definition) is 3. The molecule has 0 aromatic carbocycles. The Morgan fingerprint density at radius 2 is 2.27 bits per heavy atom.